The number of nitrogens with two attached hydrogens (primary N) is 1. The van der Waals surface area contributed by atoms with Crippen LogP contribution < -0.4 is 11.1 Å². The lowest BCUT2D eigenvalue weighted by Gasteiger charge is -2.12. The fourth-order valence-electron chi connectivity index (χ4n) is 1.94. The largest absolute Gasteiger partial charge is 0.478 e. The Bertz CT molecular complexity index is 702. The molecule has 0 bridgehead atoms. The SMILES string of the molecule is Cc1cc(NCc2ccc(F)cc2F)cc(C(=O)O)c1N. The Morgan fingerprint density at radius 3 is 2.62 bits per heavy atom. The van der Waals surface area contributed by atoms with E-state index in [0.29, 0.717) is 11.3 Å². The van der Waals surface area contributed by atoms with Gasteiger partial charge in [-0.05, 0) is 30.7 Å². The molecule has 0 spiro atoms. The maximum atomic E-state index is 13.5. The van der Waals surface area contributed by atoms with E-state index >= 15 is 0 Å². The molecule has 0 unspecified atom stereocenters. The topological polar surface area (TPSA) is 75.3 Å². The van der Waals surface area contributed by atoms with E-state index in [9.17, 15) is 13.6 Å². The van der Waals surface area contributed by atoms with Crippen LogP contribution in [0.15, 0.2) is 30.3 Å². The number of aryl methyl sites for hydroxylation is 1. The lowest BCUT2D eigenvalue weighted by molar-refractivity contribution is 0.0698. The molecule has 0 aliphatic rings. The van der Waals surface area contributed by atoms with Crippen LogP contribution in [-0.2, 0) is 6.54 Å². The Morgan fingerprint density at radius 2 is 2.00 bits per heavy atom. The number of halogens is 2. The molecule has 0 atom stereocenters. The highest BCUT2D eigenvalue weighted by Crippen LogP contribution is 2.23. The summed E-state index contributed by atoms with van der Waals surface area (Å²) in [6.45, 7) is 1.79. The summed E-state index contributed by atoms with van der Waals surface area (Å²) in [5.74, 6) is -2.44. The molecule has 4 N–H and O–H groups in total. The number of carboxylic acids is 1. The van der Waals surface area contributed by atoms with Crippen molar-refractivity contribution in [1.82, 2.24) is 0 Å². The Labute approximate surface area is 120 Å². The first-order chi connectivity index (χ1) is 9.88. The van der Waals surface area contributed by atoms with Crippen molar-refractivity contribution in [3.05, 3.63) is 58.7 Å². The quantitative estimate of drug-likeness (QED) is 0.757. The number of aromatic carboxylic acids is 1. The number of hydrogen-bond donors (Lipinski definition) is 3. The van der Waals surface area contributed by atoms with E-state index in [0.717, 1.165) is 12.1 Å². The number of nitrogen functional groups attached to an aromatic ring is 1. The van der Waals surface area contributed by atoms with E-state index in [1.165, 1.54) is 12.1 Å². The van der Waals surface area contributed by atoms with Crippen molar-refractivity contribution < 1.29 is 18.7 Å². The highest BCUT2D eigenvalue weighted by molar-refractivity contribution is 5.95. The predicted molar refractivity (Wildman–Crippen MR) is 76.2 cm³/mol. The summed E-state index contributed by atoms with van der Waals surface area (Å²) in [6, 6.07) is 6.35. The molecule has 0 saturated carbocycles. The van der Waals surface area contributed by atoms with Gasteiger partial charge in [0.2, 0.25) is 0 Å². The first kappa shape index (κ1) is 14.8. The zero-order chi connectivity index (χ0) is 15.6. The van der Waals surface area contributed by atoms with Crippen molar-refractivity contribution in [3.8, 4) is 0 Å². The highest BCUT2D eigenvalue weighted by atomic mass is 19.1. The third kappa shape index (κ3) is 3.28. The van der Waals surface area contributed by atoms with Gasteiger partial charge in [-0.2, -0.15) is 0 Å². The van der Waals surface area contributed by atoms with E-state index < -0.39 is 17.6 Å². The molecular weight excluding hydrogens is 278 g/mol. The van der Waals surface area contributed by atoms with Gasteiger partial charge in [0.1, 0.15) is 11.6 Å². The Balaban J connectivity index is 2.22. The van der Waals surface area contributed by atoms with Gasteiger partial charge in [-0.1, -0.05) is 6.07 Å². The van der Waals surface area contributed by atoms with Crippen LogP contribution in [0.2, 0.25) is 0 Å². The third-order valence-corrected chi connectivity index (χ3v) is 3.12. The second-order valence-electron chi connectivity index (χ2n) is 4.65. The van der Waals surface area contributed by atoms with Crippen LogP contribution in [0.4, 0.5) is 20.2 Å². The Kier molecular flexibility index (Phi) is 4.07. The minimum absolute atomic E-state index is 0.0166. The van der Waals surface area contributed by atoms with Crippen molar-refractivity contribution in [2.75, 3.05) is 11.1 Å². The number of nitrogens with one attached hydrogen (secondary N) is 1. The van der Waals surface area contributed by atoms with Gasteiger partial charge in [0.05, 0.1) is 5.56 Å². The molecular formula is C15H14F2N2O2. The van der Waals surface area contributed by atoms with E-state index in [4.69, 9.17) is 10.8 Å². The molecule has 6 heteroatoms. The van der Waals surface area contributed by atoms with Crippen LogP contribution in [0.1, 0.15) is 21.5 Å². The van der Waals surface area contributed by atoms with E-state index in [1.807, 2.05) is 0 Å². The summed E-state index contributed by atoms with van der Waals surface area (Å²) in [6.07, 6.45) is 0. The molecule has 110 valence electrons. The third-order valence-electron chi connectivity index (χ3n) is 3.12. The normalized spacial score (nSPS) is 10.4. The Morgan fingerprint density at radius 1 is 1.29 bits per heavy atom. The van der Waals surface area contributed by atoms with E-state index in [-0.39, 0.29) is 23.4 Å². The summed E-state index contributed by atoms with van der Waals surface area (Å²) in [4.78, 5) is 11.1. The maximum Gasteiger partial charge on any atom is 0.337 e. The lowest BCUT2D eigenvalue weighted by atomic mass is 10.1. The molecule has 2 aromatic rings. The van der Waals surface area contributed by atoms with Gasteiger partial charge in [0.15, 0.2) is 0 Å². The van der Waals surface area contributed by atoms with Crippen LogP contribution in [-0.4, -0.2) is 11.1 Å². The van der Waals surface area contributed by atoms with Gasteiger partial charge < -0.3 is 16.2 Å². The summed E-state index contributed by atoms with van der Waals surface area (Å²) in [7, 11) is 0. The molecule has 21 heavy (non-hydrogen) atoms. The number of rotatable bonds is 4. The number of benzene rings is 2. The van der Waals surface area contributed by atoms with Crippen molar-refractivity contribution in [2.24, 2.45) is 0 Å². The molecule has 0 fully saturated rings. The first-order valence-corrected chi connectivity index (χ1v) is 6.19. The molecule has 0 heterocycles. The van der Waals surface area contributed by atoms with Crippen molar-refractivity contribution in [1.29, 1.82) is 0 Å². The second kappa shape index (κ2) is 5.78. The average Bonchev–Trinajstić information content (AvgIpc) is 2.41. The van der Waals surface area contributed by atoms with Crippen LogP contribution in [0.25, 0.3) is 0 Å². The summed E-state index contributed by atoms with van der Waals surface area (Å²) in [5, 5.41) is 12.0. The van der Waals surface area contributed by atoms with Gasteiger partial charge in [-0.15, -0.1) is 0 Å². The Hall–Kier alpha value is -2.63. The van der Waals surface area contributed by atoms with Gasteiger partial charge >= 0.3 is 5.97 Å². The molecule has 2 rings (SSSR count). The van der Waals surface area contributed by atoms with Crippen molar-refractivity contribution in [2.45, 2.75) is 13.5 Å². The van der Waals surface area contributed by atoms with Gasteiger partial charge in [-0.3, -0.25) is 0 Å². The smallest absolute Gasteiger partial charge is 0.337 e. The van der Waals surface area contributed by atoms with Crippen LogP contribution >= 0.6 is 0 Å². The minimum atomic E-state index is -1.13. The summed E-state index contributed by atoms with van der Waals surface area (Å²) < 4.78 is 26.3. The van der Waals surface area contributed by atoms with Gasteiger partial charge in [0, 0.05) is 29.5 Å². The van der Waals surface area contributed by atoms with Crippen LogP contribution in [0.3, 0.4) is 0 Å². The molecule has 0 aliphatic heterocycles. The molecule has 0 saturated heterocycles. The van der Waals surface area contributed by atoms with E-state index in [1.54, 1.807) is 13.0 Å². The van der Waals surface area contributed by atoms with Crippen molar-refractivity contribution >= 4 is 17.3 Å². The monoisotopic (exact) mass is 292 g/mol. The first-order valence-electron chi connectivity index (χ1n) is 6.19. The fourth-order valence-corrected chi connectivity index (χ4v) is 1.94. The fraction of sp³-hybridized carbons (Fsp3) is 0.133. The molecule has 2 aromatic carbocycles. The number of hydrogen-bond acceptors (Lipinski definition) is 3. The zero-order valence-electron chi connectivity index (χ0n) is 11.3. The number of carbonyl (C=O) groups is 1. The molecule has 0 radical (unpaired) electrons. The van der Waals surface area contributed by atoms with Gasteiger partial charge in [-0.25, -0.2) is 13.6 Å². The predicted octanol–water partition coefficient (Wildman–Crippen LogP) is 3.17. The average molecular weight is 292 g/mol. The zero-order valence-corrected chi connectivity index (χ0v) is 11.3. The number of anilines is 2. The summed E-state index contributed by atoms with van der Waals surface area (Å²) >= 11 is 0. The number of carboxylic acid groups (broad SMARTS) is 1. The van der Waals surface area contributed by atoms with Crippen LogP contribution in [0, 0.1) is 18.6 Å². The summed E-state index contributed by atoms with van der Waals surface area (Å²) in [5.41, 5.74) is 7.26. The van der Waals surface area contributed by atoms with E-state index in [2.05, 4.69) is 5.32 Å². The maximum absolute atomic E-state index is 13.5. The molecule has 0 aliphatic carbocycles. The van der Waals surface area contributed by atoms with Crippen molar-refractivity contribution in [3.63, 3.8) is 0 Å². The van der Waals surface area contributed by atoms with Crippen LogP contribution in [0.5, 0.6) is 0 Å². The highest BCUT2D eigenvalue weighted by Gasteiger charge is 2.12. The molecule has 0 aromatic heterocycles. The molecule has 4 nitrogen and oxygen atoms in total. The standard InChI is InChI=1S/C15H14F2N2O2/c1-8-4-11(6-12(14(8)18)15(20)21)19-7-9-2-3-10(16)5-13(9)17/h2-6,19H,7,18H2,1H3,(H,20,21). The minimum Gasteiger partial charge on any atom is -0.478 e. The van der Waals surface area contributed by atoms with Gasteiger partial charge in [0.25, 0.3) is 0 Å². The second-order valence-corrected chi connectivity index (χ2v) is 4.65. The molecule has 0 amide bonds. The lowest BCUT2D eigenvalue weighted by Crippen LogP contribution is -2.07.